The normalized spacial score (nSPS) is 15.3. The first kappa shape index (κ1) is 24.4. The Balaban J connectivity index is 1.48. The number of ether oxygens (including phenoxy) is 2. The van der Waals surface area contributed by atoms with Crippen LogP contribution in [0.25, 0.3) is 10.2 Å². The predicted molar refractivity (Wildman–Crippen MR) is 147 cm³/mol. The molecule has 6 rings (SSSR count). The van der Waals surface area contributed by atoms with E-state index in [1.165, 1.54) is 22.3 Å². The van der Waals surface area contributed by atoms with Gasteiger partial charge in [-0.3, -0.25) is 14.5 Å². The maximum absolute atomic E-state index is 13.7. The van der Waals surface area contributed by atoms with Crippen molar-refractivity contribution in [2.45, 2.75) is 13.0 Å². The second kappa shape index (κ2) is 9.77. The third kappa shape index (κ3) is 4.42. The van der Waals surface area contributed by atoms with Gasteiger partial charge in [0.2, 0.25) is 5.78 Å². The topological polar surface area (TPSA) is 102 Å². The number of anilines is 1. The standard InChI is InChI=1S/C30H22N2O6S/c1-17-11-14-23(37-17)27(33)25-26(18-7-6-10-21(15-18)38-19-8-4-3-5-9-19)32(29(35)28(25)34)30-31-22-13-12-20(36-2)16-24(22)39-30/h3-16,26,34H,1-2H3. The first-order valence-corrected chi connectivity index (χ1v) is 12.9. The lowest BCUT2D eigenvalue weighted by Crippen LogP contribution is -2.31. The van der Waals surface area contributed by atoms with Gasteiger partial charge in [0.15, 0.2) is 16.7 Å². The molecule has 0 saturated heterocycles. The van der Waals surface area contributed by atoms with Crippen molar-refractivity contribution in [3.8, 4) is 17.2 Å². The number of hydrogen-bond acceptors (Lipinski definition) is 8. The summed E-state index contributed by atoms with van der Waals surface area (Å²) in [6, 6.07) is 24.0. The van der Waals surface area contributed by atoms with Crippen LogP contribution in [-0.4, -0.2) is 28.9 Å². The highest BCUT2D eigenvalue weighted by Gasteiger charge is 2.46. The summed E-state index contributed by atoms with van der Waals surface area (Å²) in [4.78, 5) is 33.2. The van der Waals surface area contributed by atoms with Gasteiger partial charge in [-0.15, -0.1) is 0 Å². The molecule has 5 aromatic rings. The summed E-state index contributed by atoms with van der Waals surface area (Å²) in [6.07, 6.45) is 0. The van der Waals surface area contributed by atoms with Gasteiger partial charge in [0.1, 0.15) is 23.0 Å². The number of aryl methyl sites for hydroxylation is 1. The molecule has 0 radical (unpaired) electrons. The van der Waals surface area contributed by atoms with E-state index in [1.54, 1.807) is 56.5 Å². The molecule has 3 heterocycles. The first-order valence-electron chi connectivity index (χ1n) is 12.1. The van der Waals surface area contributed by atoms with E-state index in [9.17, 15) is 14.7 Å². The number of thiazole rings is 1. The second-order valence-corrected chi connectivity index (χ2v) is 9.91. The molecule has 1 aliphatic rings. The molecule has 8 nitrogen and oxygen atoms in total. The number of benzene rings is 3. The third-order valence-corrected chi connectivity index (χ3v) is 7.38. The molecule has 1 unspecified atom stereocenters. The number of nitrogens with zero attached hydrogens (tertiary/aromatic N) is 2. The number of aliphatic hydroxyl groups is 1. The Morgan fingerprint density at radius 1 is 0.974 bits per heavy atom. The number of furan rings is 1. The van der Waals surface area contributed by atoms with Crippen molar-refractivity contribution in [3.05, 3.63) is 113 Å². The van der Waals surface area contributed by atoms with Crippen LogP contribution in [0.15, 0.2) is 101 Å². The van der Waals surface area contributed by atoms with Gasteiger partial charge in [-0.25, -0.2) is 4.98 Å². The van der Waals surface area contributed by atoms with Crippen molar-refractivity contribution in [1.82, 2.24) is 4.98 Å². The molecule has 1 N–H and O–H groups in total. The van der Waals surface area contributed by atoms with Crippen molar-refractivity contribution in [2.75, 3.05) is 12.0 Å². The van der Waals surface area contributed by atoms with E-state index in [0.29, 0.717) is 39.2 Å². The minimum Gasteiger partial charge on any atom is -0.503 e. The van der Waals surface area contributed by atoms with Gasteiger partial charge in [0.25, 0.3) is 5.91 Å². The van der Waals surface area contributed by atoms with Crippen LogP contribution in [0.4, 0.5) is 5.13 Å². The molecule has 0 saturated carbocycles. The van der Waals surface area contributed by atoms with Crippen molar-refractivity contribution in [2.24, 2.45) is 0 Å². The van der Waals surface area contributed by atoms with Crippen molar-refractivity contribution >= 4 is 38.4 Å². The lowest BCUT2D eigenvalue weighted by atomic mass is 9.95. The maximum Gasteiger partial charge on any atom is 0.296 e. The van der Waals surface area contributed by atoms with Crippen LogP contribution in [0.3, 0.4) is 0 Å². The van der Waals surface area contributed by atoms with E-state index in [-0.39, 0.29) is 11.3 Å². The zero-order valence-electron chi connectivity index (χ0n) is 21.0. The number of carbonyl (C=O) groups excluding carboxylic acids is 2. The molecular formula is C30H22N2O6S. The number of carbonyl (C=O) groups is 2. The van der Waals surface area contributed by atoms with E-state index in [0.717, 1.165) is 4.70 Å². The Bertz CT molecular complexity index is 1750. The van der Waals surface area contributed by atoms with Crippen molar-refractivity contribution < 1.29 is 28.6 Å². The molecule has 0 spiro atoms. The summed E-state index contributed by atoms with van der Waals surface area (Å²) in [6.45, 7) is 1.72. The van der Waals surface area contributed by atoms with E-state index in [4.69, 9.17) is 13.9 Å². The Kier molecular flexibility index (Phi) is 6.12. The Morgan fingerprint density at radius 2 is 1.77 bits per heavy atom. The second-order valence-electron chi connectivity index (χ2n) is 8.90. The molecule has 1 amide bonds. The Morgan fingerprint density at radius 3 is 2.51 bits per heavy atom. The zero-order chi connectivity index (χ0) is 27.1. The van der Waals surface area contributed by atoms with Crippen LogP contribution in [0.1, 0.15) is 27.9 Å². The number of amides is 1. The molecule has 0 bridgehead atoms. The monoisotopic (exact) mass is 538 g/mol. The van der Waals surface area contributed by atoms with Gasteiger partial charge in [-0.1, -0.05) is 41.7 Å². The molecule has 9 heteroatoms. The van der Waals surface area contributed by atoms with Gasteiger partial charge in [-0.05, 0) is 67.1 Å². The smallest absolute Gasteiger partial charge is 0.296 e. The van der Waals surface area contributed by atoms with E-state index in [1.807, 2.05) is 36.4 Å². The largest absolute Gasteiger partial charge is 0.503 e. The zero-order valence-corrected chi connectivity index (χ0v) is 21.8. The SMILES string of the molecule is COc1ccc2nc(N3C(=O)C(O)=C(C(=O)c4ccc(C)o4)C3c3cccc(Oc4ccccc4)c3)sc2c1. The number of methoxy groups -OCH3 is 1. The number of rotatable bonds is 7. The van der Waals surface area contributed by atoms with Crippen LogP contribution in [-0.2, 0) is 4.79 Å². The Hall–Kier alpha value is -4.89. The Labute approximate surface area is 227 Å². The van der Waals surface area contributed by atoms with Crippen LogP contribution < -0.4 is 14.4 Å². The number of aliphatic hydroxyl groups excluding tert-OH is 1. The summed E-state index contributed by atoms with van der Waals surface area (Å²) in [5, 5.41) is 11.4. The van der Waals surface area contributed by atoms with Gasteiger partial charge in [0, 0.05) is 0 Å². The molecule has 0 fully saturated rings. The fraction of sp³-hybridized carbons (Fsp3) is 0.100. The quantitative estimate of drug-likeness (QED) is 0.228. The predicted octanol–water partition coefficient (Wildman–Crippen LogP) is 6.78. The van der Waals surface area contributed by atoms with Crippen LogP contribution in [0.5, 0.6) is 17.2 Å². The van der Waals surface area contributed by atoms with Gasteiger partial charge < -0.3 is 19.0 Å². The number of Topliss-reactive ketones (excluding diaryl/α,β-unsaturated/α-hetero) is 1. The summed E-state index contributed by atoms with van der Waals surface area (Å²) >= 11 is 1.26. The fourth-order valence-corrected chi connectivity index (χ4v) is 5.56. The summed E-state index contributed by atoms with van der Waals surface area (Å²) < 4.78 is 17.7. The third-order valence-electron chi connectivity index (χ3n) is 6.36. The van der Waals surface area contributed by atoms with Crippen molar-refractivity contribution in [1.29, 1.82) is 0 Å². The molecule has 1 aliphatic heterocycles. The van der Waals surface area contributed by atoms with Crippen molar-refractivity contribution in [3.63, 3.8) is 0 Å². The highest BCUT2D eigenvalue weighted by atomic mass is 32.1. The minimum absolute atomic E-state index is 0.0272. The lowest BCUT2D eigenvalue weighted by molar-refractivity contribution is -0.117. The summed E-state index contributed by atoms with van der Waals surface area (Å²) in [7, 11) is 1.57. The average molecular weight is 539 g/mol. The van der Waals surface area contributed by atoms with Crippen LogP contribution in [0, 0.1) is 6.92 Å². The molecule has 0 aliphatic carbocycles. The lowest BCUT2D eigenvalue weighted by Gasteiger charge is -2.24. The van der Waals surface area contributed by atoms with Gasteiger partial charge >= 0.3 is 0 Å². The molecule has 2 aromatic heterocycles. The highest BCUT2D eigenvalue weighted by Crippen LogP contribution is 2.45. The summed E-state index contributed by atoms with van der Waals surface area (Å²) in [5.41, 5.74) is 1.12. The van der Waals surface area contributed by atoms with E-state index < -0.39 is 23.5 Å². The van der Waals surface area contributed by atoms with Crippen LogP contribution >= 0.6 is 11.3 Å². The highest BCUT2D eigenvalue weighted by molar-refractivity contribution is 7.22. The summed E-state index contributed by atoms with van der Waals surface area (Å²) in [5.74, 6) is 0.393. The van der Waals surface area contributed by atoms with E-state index >= 15 is 0 Å². The van der Waals surface area contributed by atoms with Gasteiger partial charge in [0.05, 0.1) is 28.9 Å². The van der Waals surface area contributed by atoms with E-state index in [2.05, 4.69) is 4.98 Å². The molecule has 39 heavy (non-hydrogen) atoms. The fourth-order valence-electron chi connectivity index (χ4n) is 4.53. The number of para-hydroxylation sites is 1. The number of aromatic nitrogens is 1. The number of hydrogen-bond donors (Lipinski definition) is 1. The number of ketones is 1. The molecule has 194 valence electrons. The number of fused-ring (bicyclic) bond motifs is 1. The molecule has 1 atom stereocenters. The average Bonchev–Trinajstić information content (AvgIpc) is 3.64. The molecule has 3 aromatic carbocycles. The first-order chi connectivity index (χ1) is 18.9. The van der Waals surface area contributed by atoms with Crippen LogP contribution in [0.2, 0.25) is 0 Å². The minimum atomic E-state index is -0.975. The van der Waals surface area contributed by atoms with Gasteiger partial charge in [-0.2, -0.15) is 0 Å². The molecular weight excluding hydrogens is 516 g/mol. The maximum atomic E-state index is 13.7.